The minimum Gasteiger partial charge on any atom is -0.492 e. The van der Waals surface area contributed by atoms with Crippen molar-refractivity contribution in [3.05, 3.63) is 67.1 Å². The summed E-state index contributed by atoms with van der Waals surface area (Å²) in [6, 6.07) is 9.39. The maximum Gasteiger partial charge on any atom is 0.269 e. The van der Waals surface area contributed by atoms with Gasteiger partial charge in [-0.05, 0) is 55.0 Å². The lowest BCUT2D eigenvalue weighted by Gasteiger charge is -2.10. The van der Waals surface area contributed by atoms with E-state index in [9.17, 15) is 14.4 Å². The van der Waals surface area contributed by atoms with Crippen molar-refractivity contribution in [1.29, 1.82) is 0 Å². The molecule has 0 unspecified atom stereocenters. The summed E-state index contributed by atoms with van der Waals surface area (Å²) in [5.74, 6) is -0.433. The maximum absolute atomic E-state index is 12.3. The lowest BCUT2D eigenvalue weighted by atomic mass is 10.1. The van der Waals surface area contributed by atoms with Gasteiger partial charge in [0.25, 0.3) is 11.5 Å². The fourth-order valence-electron chi connectivity index (χ4n) is 2.72. The van der Waals surface area contributed by atoms with Crippen molar-refractivity contribution < 1.29 is 14.3 Å². The highest BCUT2D eigenvalue weighted by atomic mass is 35.5. The molecule has 1 heterocycles. The number of aromatic nitrogens is 2. The normalized spacial score (nSPS) is 10.7. The summed E-state index contributed by atoms with van der Waals surface area (Å²) in [5.41, 5.74) is 5.11. The first kappa shape index (κ1) is 22.8. The van der Waals surface area contributed by atoms with Crippen LogP contribution < -0.4 is 21.1 Å². The number of carbonyl (C=O) groups excluding carboxylic acids is 2. The Balaban J connectivity index is 1.50. The van der Waals surface area contributed by atoms with Crippen LogP contribution in [0.5, 0.6) is 5.75 Å². The first-order chi connectivity index (χ1) is 14.8. The smallest absolute Gasteiger partial charge is 0.269 e. The number of fused-ring (bicyclic) bond motifs is 1. The van der Waals surface area contributed by atoms with Crippen molar-refractivity contribution in [3.8, 4) is 5.75 Å². The third-order valence-electron chi connectivity index (χ3n) is 4.38. The van der Waals surface area contributed by atoms with Crippen LogP contribution in [0.1, 0.15) is 23.2 Å². The van der Waals surface area contributed by atoms with Gasteiger partial charge >= 0.3 is 0 Å². The van der Waals surface area contributed by atoms with E-state index in [1.54, 1.807) is 25.2 Å². The molecule has 8 nitrogen and oxygen atoms in total. The molecule has 11 heteroatoms. The molecule has 0 saturated heterocycles. The van der Waals surface area contributed by atoms with Gasteiger partial charge in [-0.1, -0.05) is 23.2 Å². The molecule has 2 amide bonds. The standard InChI is InChI=1S/C20H18Cl2N4O4S/c1-26-19(29)13-6-4-11(9-15(13)23-20(26)31)18(28)25-24-17(27)3-2-8-30-16-7-5-12(21)10-14(16)22/h4-7,9-10H,2-3,8H2,1H3,(H,23,31)(H,24,27)(H,25,28). The van der Waals surface area contributed by atoms with E-state index in [1.807, 2.05) is 0 Å². The van der Waals surface area contributed by atoms with Gasteiger partial charge in [0.15, 0.2) is 4.77 Å². The molecular weight excluding hydrogens is 463 g/mol. The fraction of sp³-hybridized carbons (Fsp3) is 0.200. The predicted molar refractivity (Wildman–Crippen MR) is 121 cm³/mol. The Hall–Kier alpha value is -2.88. The van der Waals surface area contributed by atoms with E-state index in [2.05, 4.69) is 15.8 Å². The average Bonchev–Trinajstić information content (AvgIpc) is 2.74. The van der Waals surface area contributed by atoms with E-state index >= 15 is 0 Å². The largest absolute Gasteiger partial charge is 0.492 e. The highest BCUT2D eigenvalue weighted by molar-refractivity contribution is 7.71. The fourth-order valence-corrected chi connectivity index (χ4v) is 3.37. The third kappa shape index (κ3) is 5.63. The quantitative estimate of drug-likeness (QED) is 0.284. The molecule has 0 bridgehead atoms. The van der Waals surface area contributed by atoms with Crippen LogP contribution in [0.2, 0.25) is 10.0 Å². The second-order valence-corrected chi connectivity index (χ2v) is 7.81. The predicted octanol–water partition coefficient (Wildman–Crippen LogP) is 3.52. The molecule has 0 radical (unpaired) electrons. The van der Waals surface area contributed by atoms with Gasteiger partial charge in [0, 0.05) is 24.1 Å². The van der Waals surface area contributed by atoms with Crippen molar-refractivity contribution in [2.24, 2.45) is 7.05 Å². The number of hydrazine groups is 1. The van der Waals surface area contributed by atoms with Gasteiger partial charge in [0.1, 0.15) is 5.75 Å². The van der Waals surface area contributed by atoms with Crippen molar-refractivity contribution >= 4 is 58.1 Å². The van der Waals surface area contributed by atoms with Gasteiger partial charge < -0.3 is 9.72 Å². The van der Waals surface area contributed by atoms with Gasteiger partial charge in [0.2, 0.25) is 5.91 Å². The zero-order valence-electron chi connectivity index (χ0n) is 16.3. The number of H-pyrrole nitrogens is 1. The van der Waals surface area contributed by atoms with E-state index in [0.29, 0.717) is 33.1 Å². The Labute approximate surface area is 192 Å². The highest BCUT2D eigenvalue weighted by Gasteiger charge is 2.11. The molecule has 0 aliphatic rings. The Morgan fingerprint density at radius 2 is 1.94 bits per heavy atom. The second kappa shape index (κ2) is 9.95. The number of amides is 2. The Bertz CT molecular complexity index is 1270. The Kier molecular flexibility index (Phi) is 7.32. The molecule has 0 spiro atoms. The van der Waals surface area contributed by atoms with Crippen LogP contribution in [0.25, 0.3) is 10.9 Å². The van der Waals surface area contributed by atoms with Crippen LogP contribution in [0.4, 0.5) is 0 Å². The summed E-state index contributed by atoms with van der Waals surface area (Å²) in [5, 5.41) is 1.29. The van der Waals surface area contributed by atoms with E-state index in [1.165, 1.54) is 22.8 Å². The van der Waals surface area contributed by atoms with Crippen LogP contribution in [-0.2, 0) is 11.8 Å². The highest BCUT2D eigenvalue weighted by Crippen LogP contribution is 2.27. The van der Waals surface area contributed by atoms with E-state index in [4.69, 9.17) is 40.2 Å². The second-order valence-electron chi connectivity index (χ2n) is 6.58. The monoisotopic (exact) mass is 480 g/mol. The molecule has 31 heavy (non-hydrogen) atoms. The van der Waals surface area contributed by atoms with Gasteiger partial charge in [0.05, 0.1) is 22.5 Å². The summed E-state index contributed by atoms with van der Waals surface area (Å²) < 4.78 is 7.06. The molecule has 3 aromatic rings. The van der Waals surface area contributed by atoms with Crippen LogP contribution in [0.15, 0.2) is 41.2 Å². The number of nitrogens with one attached hydrogen (secondary N) is 3. The molecule has 162 valence electrons. The van der Waals surface area contributed by atoms with Crippen molar-refractivity contribution in [1.82, 2.24) is 20.4 Å². The number of benzene rings is 2. The van der Waals surface area contributed by atoms with Gasteiger partial charge in [-0.25, -0.2) is 0 Å². The third-order valence-corrected chi connectivity index (χ3v) is 5.28. The van der Waals surface area contributed by atoms with Gasteiger partial charge in [-0.15, -0.1) is 0 Å². The number of carbonyl (C=O) groups is 2. The van der Waals surface area contributed by atoms with Crippen molar-refractivity contribution in [2.45, 2.75) is 12.8 Å². The number of hydrogen-bond acceptors (Lipinski definition) is 5. The Morgan fingerprint density at radius 1 is 1.16 bits per heavy atom. The lowest BCUT2D eigenvalue weighted by Crippen LogP contribution is -2.41. The first-order valence-corrected chi connectivity index (χ1v) is 10.3. The minimum absolute atomic E-state index is 0.131. The molecular formula is C20H18Cl2N4O4S. The topological polar surface area (TPSA) is 105 Å². The zero-order chi connectivity index (χ0) is 22.5. The number of halogens is 2. The molecule has 0 aliphatic heterocycles. The van der Waals surface area contributed by atoms with Crippen LogP contribution in [-0.4, -0.2) is 28.0 Å². The molecule has 0 fully saturated rings. The van der Waals surface area contributed by atoms with Crippen LogP contribution in [0.3, 0.4) is 0 Å². The molecule has 3 N–H and O–H groups in total. The molecule has 3 rings (SSSR count). The molecule has 2 aromatic carbocycles. The van der Waals surface area contributed by atoms with Crippen molar-refractivity contribution in [3.63, 3.8) is 0 Å². The summed E-state index contributed by atoms with van der Waals surface area (Å²) in [4.78, 5) is 39.3. The molecule has 1 aromatic heterocycles. The molecule has 0 atom stereocenters. The number of rotatable bonds is 6. The number of hydrogen-bond donors (Lipinski definition) is 3. The number of aromatic amines is 1. The summed E-state index contributed by atoms with van der Waals surface area (Å²) >= 11 is 16.9. The first-order valence-electron chi connectivity index (χ1n) is 9.16. The van der Waals surface area contributed by atoms with Gasteiger partial charge in [-0.3, -0.25) is 29.8 Å². The van der Waals surface area contributed by atoms with E-state index < -0.39 is 5.91 Å². The van der Waals surface area contributed by atoms with Gasteiger partial charge in [-0.2, -0.15) is 0 Å². The summed E-state index contributed by atoms with van der Waals surface area (Å²) in [7, 11) is 1.56. The van der Waals surface area contributed by atoms with Crippen LogP contribution in [0, 0.1) is 4.77 Å². The zero-order valence-corrected chi connectivity index (χ0v) is 18.7. The summed E-state index contributed by atoms with van der Waals surface area (Å²) in [6.07, 6.45) is 0.544. The maximum atomic E-state index is 12.3. The SMILES string of the molecule is Cn1c(=S)[nH]c2cc(C(=O)NNC(=O)CCCOc3ccc(Cl)cc3Cl)ccc2c1=O. The number of nitrogens with zero attached hydrogens (tertiary/aromatic N) is 1. The van der Waals surface area contributed by atoms with E-state index in [0.717, 1.165) is 0 Å². The van der Waals surface area contributed by atoms with Crippen molar-refractivity contribution in [2.75, 3.05) is 6.61 Å². The Morgan fingerprint density at radius 3 is 2.68 bits per heavy atom. The number of ether oxygens (including phenoxy) is 1. The van der Waals surface area contributed by atoms with Crippen LogP contribution >= 0.6 is 35.4 Å². The molecule has 0 aliphatic carbocycles. The minimum atomic E-state index is -0.528. The van der Waals surface area contributed by atoms with E-state index in [-0.39, 0.29) is 34.8 Å². The molecule has 0 saturated carbocycles. The average molecular weight is 481 g/mol. The lowest BCUT2D eigenvalue weighted by molar-refractivity contribution is -0.122. The summed E-state index contributed by atoms with van der Waals surface area (Å²) in [6.45, 7) is 0.265.